The molecule has 4 nitrogen and oxygen atoms in total. The van der Waals surface area contributed by atoms with Gasteiger partial charge in [-0.25, -0.2) is 9.97 Å². The van der Waals surface area contributed by atoms with Gasteiger partial charge < -0.3 is 0 Å². The van der Waals surface area contributed by atoms with E-state index < -0.39 is 0 Å². The molecule has 0 fully saturated rings. The Labute approximate surface area is 91.9 Å². The maximum atomic E-state index is 11.0. The summed E-state index contributed by atoms with van der Waals surface area (Å²) < 4.78 is 1.69. The number of nitrogens with zero attached hydrogens (tertiary/aromatic N) is 3. The lowest BCUT2D eigenvalue weighted by molar-refractivity contribution is -0.116. The van der Waals surface area contributed by atoms with E-state index in [9.17, 15) is 4.79 Å². The molecule has 0 bridgehead atoms. The van der Waals surface area contributed by atoms with E-state index in [1.54, 1.807) is 23.7 Å². The fourth-order valence-corrected chi connectivity index (χ4v) is 1.60. The minimum Gasteiger partial charge on any atom is -0.300 e. The molecule has 0 aliphatic carbocycles. The number of hydrogen-bond donors (Lipinski definition) is 0. The lowest BCUT2D eigenvalue weighted by atomic mass is 10.2. The molecule has 2 aromatic rings. The summed E-state index contributed by atoms with van der Waals surface area (Å²) in [7, 11) is 0. The quantitative estimate of drug-likeness (QED) is 0.780. The molecule has 0 aliphatic heterocycles. The van der Waals surface area contributed by atoms with Crippen molar-refractivity contribution in [3.05, 3.63) is 28.8 Å². The second-order valence-corrected chi connectivity index (χ2v) is 3.86. The zero-order chi connectivity index (χ0) is 11.0. The van der Waals surface area contributed by atoms with E-state index in [-0.39, 0.29) is 5.78 Å². The number of Topliss-reactive ketones (excluding diaryl/α,β-unsaturated/α-hetero) is 1. The summed E-state index contributed by atoms with van der Waals surface area (Å²) >= 11 is 6.03. The van der Waals surface area contributed by atoms with Gasteiger partial charge in [-0.15, -0.1) is 0 Å². The highest BCUT2D eigenvalue weighted by Gasteiger charge is 2.08. The maximum Gasteiger partial charge on any atom is 0.235 e. The monoisotopic (exact) mass is 223 g/mol. The highest BCUT2D eigenvalue weighted by molar-refractivity contribution is 6.30. The molecule has 5 heteroatoms. The third kappa shape index (κ3) is 1.85. The Hall–Kier alpha value is -1.42. The van der Waals surface area contributed by atoms with E-state index in [0.29, 0.717) is 17.4 Å². The number of carbonyl (C=O) groups excluding carboxylic acids is 1. The lowest BCUT2D eigenvalue weighted by Gasteiger charge is -1.99. The van der Waals surface area contributed by atoms with Crippen molar-refractivity contribution in [3.63, 3.8) is 0 Å². The van der Waals surface area contributed by atoms with Crippen molar-refractivity contribution in [3.8, 4) is 0 Å². The van der Waals surface area contributed by atoms with Gasteiger partial charge in [-0.3, -0.25) is 9.20 Å². The zero-order valence-corrected chi connectivity index (χ0v) is 9.25. The third-order valence-electron chi connectivity index (χ3n) is 2.09. The standard InChI is InChI=1S/C10H10ClN3O/c1-6(15)3-8-4-12-10-13-7(2)9(11)14(10)5-8/h4-5H,3H2,1-2H3. The van der Waals surface area contributed by atoms with Crippen molar-refractivity contribution in [1.82, 2.24) is 14.4 Å². The van der Waals surface area contributed by atoms with E-state index in [2.05, 4.69) is 9.97 Å². The Balaban J connectivity index is 2.54. The molecular formula is C10H10ClN3O. The second kappa shape index (κ2) is 3.62. The topological polar surface area (TPSA) is 47.3 Å². The SMILES string of the molecule is CC(=O)Cc1cnc2nc(C)c(Cl)n2c1. The summed E-state index contributed by atoms with van der Waals surface area (Å²) in [6, 6.07) is 0. The predicted molar refractivity (Wildman–Crippen MR) is 57.1 cm³/mol. The van der Waals surface area contributed by atoms with E-state index in [1.165, 1.54) is 0 Å². The molecule has 0 amide bonds. The number of carbonyl (C=O) groups is 1. The number of aryl methyl sites for hydroxylation is 1. The molecule has 78 valence electrons. The first-order chi connectivity index (χ1) is 7.08. The molecule has 2 heterocycles. The third-order valence-corrected chi connectivity index (χ3v) is 2.54. The smallest absolute Gasteiger partial charge is 0.235 e. The summed E-state index contributed by atoms with van der Waals surface area (Å²) in [5, 5.41) is 0.544. The first-order valence-corrected chi connectivity index (χ1v) is 4.94. The number of imidazole rings is 1. The number of ketones is 1. The summed E-state index contributed by atoms with van der Waals surface area (Å²) in [6.07, 6.45) is 3.82. The molecule has 0 atom stereocenters. The number of fused-ring (bicyclic) bond motifs is 1. The fraction of sp³-hybridized carbons (Fsp3) is 0.300. The molecule has 0 spiro atoms. The highest BCUT2D eigenvalue weighted by atomic mass is 35.5. The molecule has 2 rings (SSSR count). The Morgan fingerprint density at radius 2 is 2.33 bits per heavy atom. The molecule has 0 N–H and O–H groups in total. The summed E-state index contributed by atoms with van der Waals surface area (Å²) in [5.41, 5.74) is 1.58. The number of halogens is 1. The Morgan fingerprint density at radius 3 is 3.00 bits per heavy atom. The van der Waals surface area contributed by atoms with Gasteiger partial charge in [-0.05, 0) is 19.4 Å². The molecule has 15 heavy (non-hydrogen) atoms. The first-order valence-electron chi connectivity index (χ1n) is 4.56. The van der Waals surface area contributed by atoms with Crippen LogP contribution in [0.4, 0.5) is 0 Å². The zero-order valence-electron chi connectivity index (χ0n) is 8.49. The van der Waals surface area contributed by atoms with Gasteiger partial charge in [0.1, 0.15) is 10.9 Å². The van der Waals surface area contributed by atoms with Gasteiger partial charge in [0.15, 0.2) is 0 Å². The van der Waals surface area contributed by atoms with Gasteiger partial charge in [-0.1, -0.05) is 11.6 Å². The van der Waals surface area contributed by atoms with Crippen LogP contribution in [-0.4, -0.2) is 20.2 Å². The fourth-order valence-electron chi connectivity index (χ4n) is 1.44. The van der Waals surface area contributed by atoms with Crippen LogP contribution < -0.4 is 0 Å². The molecule has 0 aromatic carbocycles. The average Bonchev–Trinajstić information content (AvgIpc) is 2.43. The van der Waals surface area contributed by atoms with Crippen LogP contribution in [0.5, 0.6) is 0 Å². The average molecular weight is 224 g/mol. The van der Waals surface area contributed by atoms with Crippen LogP contribution in [0.25, 0.3) is 5.78 Å². The van der Waals surface area contributed by atoms with Crippen LogP contribution in [0.2, 0.25) is 5.15 Å². The van der Waals surface area contributed by atoms with Gasteiger partial charge >= 0.3 is 0 Å². The van der Waals surface area contributed by atoms with Crippen LogP contribution in [0.15, 0.2) is 12.4 Å². The van der Waals surface area contributed by atoms with E-state index in [1.807, 2.05) is 6.92 Å². The molecule has 0 aliphatic rings. The molecule has 2 aromatic heterocycles. The molecule has 0 saturated carbocycles. The number of aromatic nitrogens is 3. The van der Waals surface area contributed by atoms with Crippen molar-refractivity contribution in [2.45, 2.75) is 20.3 Å². The van der Waals surface area contributed by atoms with Gasteiger partial charge in [0.05, 0.1) is 5.69 Å². The molecular weight excluding hydrogens is 214 g/mol. The van der Waals surface area contributed by atoms with Gasteiger partial charge in [0.2, 0.25) is 5.78 Å². The summed E-state index contributed by atoms with van der Waals surface area (Å²) in [6.45, 7) is 3.37. The first kappa shape index (κ1) is 10.1. The Morgan fingerprint density at radius 1 is 1.60 bits per heavy atom. The van der Waals surface area contributed by atoms with E-state index in [0.717, 1.165) is 11.3 Å². The van der Waals surface area contributed by atoms with Crippen molar-refractivity contribution < 1.29 is 4.79 Å². The largest absolute Gasteiger partial charge is 0.300 e. The highest BCUT2D eigenvalue weighted by Crippen LogP contribution is 2.16. The van der Waals surface area contributed by atoms with Crippen LogP contribution in [0.1, 0.15) is 18.2 Å². The van der Waals surface area contributed by atoms with Crippen LogP contribution in [0.3, 0.4) is 0 Å². The summed E-state index contributed by atoms with van der Waals surface area (Å²) in [4.78, 5) is 19.3. The molecule has 0 unspecified atom stereocenters. The summed E-state index contributed by atoms with van der Waals surface area (Å²) in [5.74, 6) is 0.661. The maximum absolute atomic E-state index is 11.0. The van der Waals surface area contributed by atoms with Crippen LogP contribution in [-0.2, 0) is 11.2 Å². The number of hydrogen-bond acceptors (Lipinski definition) is 3. The Bertz CT molecular complexity index is 533. The number of rotatable bonds is 2. The van der Waals surface area contributed by atoms with Gasteiger partial charge in [-0.2, -0.15) is 0 Å². The minimum atomic E-state index is 0.101. The van der Waals surface area contributed by atoms with Gasteiger partial charge in [0, 0.05) is 18.8 Å². The Kier molecular flexibility index (Phi) is 2.44. The molecule has 0 saturated heterocycles. The second-order valence-electron chi connectivity index (χ2n) is 3.50. The van der Waals surface area contributed by atoms with Crippen molar-refractivity contribution >= 4 is 23.2 Å². The van der Waals surface area contributed by atoms with Crippen molar-refractivity contribution in [2.75, 3.05) is 0 Å². The van der Waals surface area contributed by atoms with Crippen molar-refractivity contribution in [1.29, 1.82) is 0 Å². The lowest BCUT2D eigenvalue weighted by Crippen LogP contribution is -1.99. The van der Waals surface area contributed by atoms with Gasteiger partial charge in [0.25, 0.3) is 0 Å². The minimum absolute atomic E-state index is 0.101. The van der Waals surface area contributed by atoms with Crippen molar-refractivity contribution in [2.24, 2.45) is 0 Å². The molecule has 0 radical (unpaired) electrons. The van der Waals surface area contributed by atoms with Crippen LogP contribution in [0, 0.1) is 6.92 Å². The van der Waals surface area contributed by atoms with E-state index in [4.69, 9.17) is 11.6 Å². The van der Waals surface area contributed by atoms with E-state index >= 15 is 0 Å². The normalized spacial score (nSPS) is 10.9. The van der Waals surface area contributed by atoms with Crippen LogP contribution >= 0.6 is 11.6 Å². The predicted octanol–water partition coefficient (Wildman–Crippen LogP) is 1.82.